The van der Waals surface area contributed by atoms with Crippen molar-refractivity contribution in [1.29, 1.82) is 0 Å². The highest BCUT2D eigenvalue weighted by atomic mass is 35.5. The molecule has 2 aromatic rings. The van der Waals surface area contributed by atoms with Crippen LogP contribution in [0.1, 0.15) is 23.7 Å². The van der Waals surface area contributed by atoms with E-state index in [0.29, 0.717) is 25.3 Å². The molecule has 3 N–H and O–H groups in total. The number of aromatic nitrogens is 1. The van der Waals surface area contributed by atoms with Gasteiger partial charge in [-0.1, -0.05) is 18.2 Å². The normalized spacial score (nSPS) is 17.0. The Morgan fingerprint density at radius 3 is 2.88 bits per heavy atom. The van der Waals surface area contributed by atoms with Crippen LogP contribution in [0.15, 0.2) is 30.5 Å². The number of esters is 1. The monoisotopic (exact) mass is 379 g/mol. The van der Waals surface area contributed by atoms with E-state index < -0.39 is 6.04 Å². The van der Waals surface area contributed by atoms with Gasteiger partial charge < -0.3 is 32.3 Å². The van der Waals surface area contributed by atoms with E-state index in [1.807, 2.05) is 29.6 Å². The number of nitrogens with zero attached hydrogens (tertiary/aromatic N) is 1. The Kier molecular flexibility index (Phi) is 6.76. The molecule has 1 aromatic carbocycles. The maximum atomic E-state index is 12.6. The predicted octanol–water partition coefficient (Wildman–Crippen LogP) is -2.92. The molecule has 1 aliphatic heterocycles. The molecule has 26 heavy (non-hydrogen) atoms. The summed E-state index contributed by atoms with van der Waals surface area (Å²) in [5, 5.41) is 2.69. The summed E-state index contributed by atoms with van der Waals surface area (Å²) in [6.07, 6.45) is 1.72. The number of ketones is 1. The van der Waals surface area contributed by atoms with Crippen molar-refractivity contribution in [3.8, 4) is 0 Å². The largest absolute Gasteiger partial charge is 1.00 e. The molecule has 0 aliphatic carbocycles. The van der Waals surface area contributed by atoms with Crippen molar-refractivity contribution >= 4 is 28.6 Å². The zero-order valence-corrected chi connectivity index (χ0v) is 15.3. The Hall–Kier alpha value is -2.38. The number of Topliss-reactive ketones (excluding diaryl/α,β-unsaturated/α-hetero) is 1. The summed E-state index contributed by atoms with van der Waals surface area (Å²) in [7, 11) is 0. The summed E-state index contributed by atoms with van der Waals surface area (Å²) in [4.78, 5) is 41.5. The second-order valence-electron chi connectivity index (χ2n) is 6.07. The van der Waals surface area contributed by atoms with Crippen LogP contribution in [0.25, 0.3) is 10.9 Å². The van der Waals surface area contributed by atoms with Crippen LogP contribution < -0.4 is 17.7 Å². The van der Waals surface area contributed by atoms with Crippen molar-refractivity contribution in [3.05, 3.63) is 36.0 Å². The molecular formula is C18H22ClN3O4. The van der Waals surface area contributed by atoms with Gasteiger partial charge in [-0.15, -0.1) is 0 Å². The third-order valence-corrected chi connectivity index (χ3v) is 4.40. The Morgan fingerprint density at radius 1 is 1.35 bits per heavy atom. The number of fused-ring (bicyclic) bond motifs is 1. The van der Waals surface area contributed by atoms with Gasteiger partial charge in [0.1, 0.15) is 6.42 Å². The predicted molar refractivity (Wildman–Crippen MR) is 91.0 cm³/mol. The molecule has 1 saturated heterocycles. The van der Waals surface area contributed by atoms with Crippen LogP contribution in [-0.2, 0) is 14.3 Å². The number of para-hydroxylation sites is 1. The third kappa shape index (κ3) is 4.23. The number of hydrogen-bond acceptors (Lipinski definition) is 4. The van der Waals surface area contributed by atoms with E-state index in [0.717, 1.165) is 10.9 Å². The number of piperazine rings is 1. The van der Waals surface area contributed by atoms with Gasteiger partial charge in [-0.2, -0.15) is 0 Å². The van der Waals surface area contributed by atoms with Crippen LogP contribution in [0.4, 0.5) is 0 Å². The Labute approximate surface area is 157 Å². The maximum absolute atomic E-state index is 12.6. The molecule has 1 fully saturated rings. The number of nitrogens with two attached hydrogens (primary N) is 1. The van der Waals surface area contributed by atoms with Gasteiger partial charge in [0, 0.05) is 22.7 Å². The van der Waals surface area contributed by atoms with Gasteiger partial charge >= 0.3 is 5.97 Å². The number of carbonyl (C=O) groups is 3. The van der Waals surface area contributed by atoms with E-state index in [1.165, 1.54) is 4.90 Å². The molecule has 1 aromatic heterocycles. The molecule has 1 unspecified atom stereocenters. The first-order valence-corrected chi connectivity index (χ1v) is 8.47. The molecule has 8 heteroatoms. The fourth-order valence-electron chi connectivity index (χ4n) is 3.16. The number of rotatable bonds is 6. The van der Waals surface area contributed by atoms with E-state index in [9.17, 15) is 14.4 Å². The van der Waals surface area contributed by atoms with Crippen molar-refractivity contribution < 1.29 is 36.8 Å². The number of H-pyrrole nitrogens is 1. The lowest BCUT2D eigenvalue weighted by Crippen LogP contribution is -3.00. The average molecular weight is 380 g/mol. The summed E-state index contributed by atoms with van der Waals surface area (Å²) < 4.78 is 4.92. The maximum Gasteiger partial charge on any atom is 0.312 e. The highest BCUT2D eigenvalue weighted by Gasteiger charge is 2.35. The number of carbonyl (C=O) groups excluding carboxylic acids is 3. The summed E-state index contributed by atoms with van der Waals surface area (Å²) in [6.45, 7) is 3.20. The summed E-state index contributed by atoms with van der Waals surface area (Å²) in [6, 6.07) is 7.06. The number of nitrogens with one attached hydrogen (secondary N) is 1. The SMILES string of the molecule is CCOC(=O)CC1[NH2+]CCN(CC(=O)c2c[nH]c3ccccc23)C1=O.[Cl-]. The Bertz CT molecular complexity index is 805. The minimum atomic E-state index is -0.511. The molecule has 0 saturated carbocycles. The zero-order chi connectivity index (χ0) is 17.8. The first-order valence-electron chi connectivity index (χ1n) is 8.47. The van der Waals surface area contributed by atoms with Crippen molar-refractivity contribution in [3.63, 3.8) is 0 Å². The summed E-state index contributed by atoms with van der Waals surface area (Å²) in [5.74, 6) is -0.683. The van der Waals surface area contributed by atoms with Gasteiger partial charge in [0.25, 0.3) is 5.91 Å². The Balaban J connectivity index is 0.00000243. The number of halogens is 1. The molecular weight excluding hydrogens is 358 g/mol. The fourth-order valence-corrected chi connectivity index (χ4v) is 3.16. The highest BCUT2D eigenvalue weighted by Crippen LogP contribution is 2.18. The molecule has 2 heterocycles. The second kappa shape index (κ2) is 8.82. The first-order chi connectivity index (χ1) is 12.1. The van der Waals surface area contributed by atoms with Gasteiger partial charge in [-0.3, -0.25) is 14.4 Å². The molecule has 0 spiro atoms. The number of quaternary nitrogens is 1. The van der Waals surface area contributed by atoms with Crippen molar-refractivity contribution in [2.24, 2.45) is 0 Å². The quantitative estimate of drug-likeness (QED) is 0.415. The molecule has 3 rings (SSSR count). The summed E-state index contributed by atoms with van der Waals surface area (Å²) >= 11 is 0. The number of ether oxygens (including phenoxy) is 1. The molecule has 0 bridgehead atoms. The van der Waals surface area contributed by atoms with Gasteiger partial charge in [0.15, 0.2) is 11.8 Å². The zero-order valence-electron chi connectivity index (χ0n) is 14.5. The standard InChI is InChI=1S/C18H21N3O4.ClH/c1-2-25-17(23)9-15-18(24)21(8-7-19-15)11-16(22)13-10-20-14-6-4-3-5-12(13)14;/h3-6,10,15,19-20H,2,7-9,11H2,1H3;1H. The van der Waals surface area contributed by atoms with Gasteiger partial charge in [-0.25, -0.2) is 0 Å². The smallest absolute Gasteiger partial charge is 0.312 e. The number of benzene rings is 1. The molecule has 140 valence electrons. The lowest BCUT2D eigenvalue weighted by Gasteiger charge is -2.29. The van der Waals surface area contributed by atoms with Gasteiger partial charge in [0.2, 0.25) is 0 Å². The van der Waals surface area contributed by atoms with Crippen molar-refractivity contribution in [2.45, 2.75) is 19.4 Å². The van der Waals surface area contributed by atoms with Crippen LogP contribution >= 0.6 is 0 Å². The van der Waals surface area contributed by atoms with Crippen LogP contribution in [0.5, 0.6) is 0 Å². The van der Waals surface area contributed by atoms with Gasteiger partial charge in [0.05, 0.1) is 26.2 Å². The highest BCUT2D eigenvalue weighted by molar-refractivity contribution is 6.09. The number of hydrogen-bond donors (Lipinski definition) is 2. The van der Waals surface area contributed by atoms with Crippen LogP contribution in [-0.4, -0.2) is 59.8 Å². The topological polar surface area (TPSA) is 96.1 Å². The third-order valence-electron chi connectivity index (χ3n) is 4.40. The lowest BCUT2D eigenvalue weighted by molar-refractivity contribution is -0.682. The molecule has 7 nitrogen and oxygen atoms in total. The van der Waals surface area contributed by atoms with E-state index in [2.05, 4.69) is 4.98 Å². The van der Waals surface area contributed by atoms with E-state index >= 15 is 0 Å². The summed E-state index contributed by atoms with van der Waals surface area (Å²) in [5.41, 5.74) is 1.48. The Morgan fingerprint density at radius 2 is 2.12 bits per heavy atom. The molecule has 1 aliphatic rings. The van der Waals surface area contributed by atoms with E-state index in [4.69, 9.17) is 4.74 Å². The number of aromatic amines is 1. The minimum Gasteiger partial charge on any atom is -1.00 e. The number of amides is 1. The second-order valence-corrected chi connectivity index (χ2v) is 6.07. The average Bonchev–Trinajstić information content (AvgIpc) is 3.03. The van der Waals surface area contributed by atoms with E-state index in [1.54, 1.807) is 13.1 Å². The first kappa shape index (κ1) is 19.9. The lowest BCUT2D eigenvalue weighted by atomic mass is 10.1. The van der Waals surface area contributed by atoms with Crippen molar-refractivity contribution in [2.75, 3.05) is 26.2 Å². The molecule has 1 atom stereocenters. The molecule has 0 radical (unpaired) electrons. The van der Waals surface area contributed by atoms with Gasteiger partial charge in [-0.05, 0) is 13.0 Å². The van der Waals surface area contributed by atoms with Crippen molar-refractivity contribution in [1.82, 2.24) is 9.88 Å². The molecule has 1 amide bonds. The minimum absolute atomic E-state index is 0. The fraction of sp³-hybridized carbons (Fsp3) is 0.389. The van der Waals surface area contributed by atoms with Crippen LogP contribution in [0.2, 0.25) is 0 Å². The van der Waals surface area contributed by atoms with Crippen LogP contribution in [0, 0.1) is 0 Å². The van der Waals surface area contributed by atoms with E-state index in [-0.39, 0.29) is 43.0 Å². The van der Waals surface area contributed by atoms with Crippen LogP contribution in [0.3, 0.4) is 0 Å².